The number of carbonyl (C=O) groups is 1. The Hall–Kier alpha value is -2.64. The van der Waals surface area contributed by atoms with E-state index < -0.39 is 0 Å². The average Bonchev–Trinajstić information content (AvgIpc) is 3.13. The quantitative estimate of drug-likeness (QED) is 0.352. The van der Waals surface area contributed by atoms with Crippen LogP contribution in [0.3, 0.4) is 0 Å². The van der Waals surface area contributed by atoms with Crippen molar-refractivity contribution in [2.45, 2.75) is 4.34 Å². The lowest BCUT2D eigenvalue weighted by Gasteiger charge is -2.07. The molecule has 0 atom stereocenters. The Bertz CT molecular complexity index is 864. The topological polar surface area (TPSA) is 64.1 Å². The van der Waals surface area contributed by atoms with Crippen LogP contribution in [0.25, 0.3) is 11.1 Å². The predicted octanol–water partition coefficient (Wildman–Crippen LogP) is 4.50. The van der Waals surface area contributed by atoms with Crippen LogP contribution >= 0.6 is 23.1 Å². The molecule has 2 aromatic carbocycles. The third-order valence-electron chi connectivity index (χ3n) is 3.31. The molecule has 0 aliphatic carbocycles. The molecular formula is C19H17N3O2S2. The molecule has 0 aliphatic rings. The van der Waals surface area contributed by atoms with Crippen LogP contribution in [0, 0.1) is 0 Å². The van der Waals surface area contributed by atoms with Gasteiger partial charge in [-0.25, -0.2) is 0 Å². The van der Waals surface area contributed by atoms with E-state index in [0.29, 0.717) is 10.9 Å². The van der Waals surface area contributed by atoms with Crippen LogP contribution in [0.1, 0.15) is 0 Å². The number of amides is 1. The van der Waals surface area contributed by atoms with E-state index in [4.69, 9.17) is 4.74 Å². The van der Waals surface area contributed by atoms with Crippen LogP contribution in [-0.2, 0) is 4.79 Å². The van der Waals surface area contributed by atoms with Crippen LogP contribution < -0.4 is 10.1 Å². The lowest BCUT2D eigenvalue weighted by atomic mass is 10.1. The van der Waals surface area contributed by atoms with Gasteiger partial charge in [-0.3, -0.25) is 10.1 Å². The zero-order valence-electron chi connectivity index (χ0n) is 13.9. The monoisotopic (exact) mass is 383 g/mol. The minimum absolute atomic E-state index is 0.0839. The molecule has 1 heterocycles. The number of hydrogen-bond acceptors (Lipinski definition) is 6. The number of anilines is 1. The Morgan fingerprint density at radius 2 is 1.85 bits per heavy atom. The number of rotatable bonds is 8. The summed E-state index contributed by atoms with van der Waals surface area (Å²) in [6, 6.07) is 17.7. The molecule has 3 aromatic rings. The van der Waals surface area contributed by atoms with Gasteiger partial charge in [-0.05, 0) is 23.3 Å². The van der Waals surface area contributed by atoms with Crippen molar-refractivity contribution >= 4 is 34.1 Å². The summed E-state index contributed by atoms with van der Waals surface area (Å²) >= 11 is 2.85. The van der Waals surface area contributed by atoms with Crippen molar-refractivity contribution in [2.24, 2.45) is 0 Å². The maximum Gasteiger partial charge on any atom is 0.264 e. The molecule has 0 aliphatic heterocycles. The second-order valence-electron chi connectivity index (χ2n) is 5.20. The van der Waals surface area contributed by atoms with Gasteiger partial charge in [0.05, 0.1) is 0 Å². The van der Waals surface area contributed by atoms with E-state index in [1.165, 1.54) is 23.1 Å². The lowest BCUT2D eigenvalue weighted by Crippen LogP contribution is -2.20. The fraction of sp³-hybridized carbons (Fsp3) is 0.105. The standard InChI is InChI=1S/C19H17N3O2S2/c1-2-12-25-19-22-21-18(26-19)20-17(23)13-24-16-10-8-15(9-11-16)14-6-4-3-5-7-14/h2-11H,1,12-13H2,(H,20,21,23). The summed E-state index contributed by atoms with van der Waals surface area (Å²) in [5, 5.41) is 11.1. The van der Waals surface area contributed by atoms with Gasteiger partial charge in [0, 0.05) is 5.75 Å². The molecule has 3 rings (SSSR count). The summed E-state index contributed by atoms with van der Waals surface area (Å²) < 4.78 is 6.32. The number of aromatic nitrogens is 2. The third kappa shape index (κ3) is 5.18. The molecule has 0 unspecified atom stereocenters. The number of hydrogen-bond donors (Lipinski definition) is 1. The third-order valence-corrected chi connectivity index (χ3v) is 5.28. The first-order chi connectivity index (χ1) is 12.7. The fourth-order valence-electron chi connectivity index (χ4n) is 2.13. The van der Waals surface area contributed by atoms with Gasteiger partial charge in [0.1, 0.15) is 5.75 Å². The Labute approximate surface area is 160 Å². The number of nitrogens with one attached hydrogen (secondary N) is 1. The molecule has 1 amide bonds. The van der Waals surface area contributed by atoms with Gasteiger partial charge in [-0.2, -0.15) is 0 Å². The summed E-state index contributed by atoms with van der Waals surface area (Å²) in [5.41, 5.74) is 2.24. The predicted molar refractivity (Wildman–Crippen MR) is 107 cm³/mol. The molecular weight excluding hydrogens is 366 g/mol. The molecule has 132 valence electrons. The fourth-order valence-corrected chi connectivity index (χ4v) is 3.66. The minimum atomic E-state index is -0.270. The van der Waals surface area contributed by atoms with Crippen molar-refractivity contribution in [3.8, 4) is 16.9 Å². The molecule has 0 spiro atoms. The van der Waals surface area contributed by atoms with Crippen molar-refractivity contribution in [1.29, 1.82) is 0 Å². The zero-order valence-corrected chi connectivity index (χ0v) is 15.6. The highest BCUT2D eigenvalue weighted by Gasteiger charge is 2.09. The van der Waals surface area contributed by atoms with E-state index in [2.05, 4.69) is 22.1 Å². The molecule has 5 nitrogen and oxygen atoms in total. The highest BCUT2D eigenvalue weighted by molar-refractivity contribution is 8.01. The maximum absolute atomic E-state index is 12.0. The lowest BCUT2D eigenvalue weighted by molar-refractivity contribution is -0.118. The molecule has 7 heteroatoms. The van der Waals surface area contributed by atoms with E-state index in [1.54, 1.807) is 6.08 Å². The van der Waals surface area contributed by atoms with E-state index in [1.807, 2.05) is 54.6 Å². The van der Waals surface area contributed by atoms with E-state index in [0.717, 1.165) is 21.2 Å². The Morgan fingerprint density at radius 3 is 2.58 bits per heavy atom. The van der Waals surface area contributed by atoms with Gasteiger partial charge in [0.15, 0.2) is 10.9 Å². The van der Waals surface area contributed by atoms with Crippen LogP contribution in [0.15, 0.2) is 71.6 Å². The summed E-state index contributed by atoms with van der Waals surface area (Å²) in [5.74, 6) is 1.12. The van der Waals surface area contributed by atoms with Crippen LogP contribution in [-0.4, -0.2) is 28.5 Å². The number of benzene rings is 2. The van der Waals surface area contributed by atoms with Crippen molar-refractivity contribution in [2.75, 3.05) is 17.7 Å². The van der Waals surface area contributed by atoms with Gasteiger partial charge in [0.2, 0.25) is 5.13 Å². The number of carbonyl (C=O) groups excluding carboxylic acids is 1. The Kier molecular flexibility index (Phi) is 6.40. The number of ether oxygens (including phenoxy) is 1. The van der Waals surface area contributed by atoms with E-state index in [-0.39, 0.29) is 12.5 Å². The van der Waals surface area contributed by atoms with Gasteiger partial charge < -0.3 is 4.74 Å². The number of nitrogens with zero attached hydrogens (tertiary/aromatic N) is 2. The summed E-state index contributed by atoms with van der Waals surface area (Å²) in [6.45, 7) is 3.57. The number of thioether (sulfide) groups is 1. The van der Waals surface area contributed by atoms with Crippen LogP contribution in [0.4, 0.5) is 5.13 Å². The first-order valence-corrected chi connectivity index (χ1v) is 9.70. The van der Waals surface area contributed by atoms with Gasteiger partial charge in [-0.1, -0.05) is 71.6 Å². The molecule has 0 radical (unpaired) electrons. The molecule has 1 N–H and O–H groups in total. The highest BCUT2D eigenvalue weighted by Crippen LogP contribution is 2.25. The minimum Gasteiger partial charge on any atom is -0.484 e. The second kappa shape index (κ2) is 9.17. The SMILES string of the molecule is C=CCSc1nnc(NC(=O)COc2ccc(-c3ccccc3)cc2)s1. The van der Waals surface area contributed by atoms with Crippen molar-refractivity contribution in [3.63, 3.8) is 0 Å². The van der Waals surface area contributed by atoms with E-state index >= 15 is 0 Å². The first kappa shape index (κ1) is 18.2. The van der Waals surface area contributed by atoms with Gasteiger partial charge >= 0.3 is 0 Å². The summed E-state index contributed by atoms with van der Waals surface area (Å²) in [6.07, 6.45) is 1.79. The Morgan fingerprint density at radius 1 is 1.12 bits per heavy atom. The normalized spacial score (nSPS) is 10.3. The maximum atomic E-state index is 12.0. The van der Waals surface area contributed by atoms with Gasteiger partial charge in [-0.15, -0.1) is 16.8 Å². The smallest absolute Gasteiger partial charge is 0.264 e. The molecule has 0 fully saturated rings. The summed E-state index contributed by atoms with van der Waals surface area (Å²) in [4.78, 5) is 12.0. The zero-order chi connectivity index (χ0) is 18.2. The van der Waals surface area contributed by atoms with Crippen LogP contribution in [0.5, 0.6) is 5.75 Å². The van der Waals surface area contributed by atoms with Crippen molar-refractivity contribution in [1.82, 2.24) is 10.2 Å². The Balaban J connectivity index is 1.50. The van der Waals surface area contributed by atoms with Crippen LogP contribution in [0.2, 0.25) is 0 Å². The summed E-state index contributed by atoms with van der Waals surface area (Å²) in [7, 11) is 0. The average molecular weight is 383 g/mol. The second-order valence-corrected chi connectivity index (χ2v) is 7.44. The molecule has 0 saturated heterocycles. The van der Waals surface area contributed by atoms with E-state index in [9.17, 15) is 4.79 Å². The first-order valence-electron chi connectivity index (χ1n) is 7.90. The molecule has 0 bridgehead atoms. The van der Waals surface area contributed by atoms with Crippen molar-refractivity contribution < 1.29 is 9.53 Å². The van der Waals surface area contributed by atoms with Gasteiger partial charge in [0.25, 0.3) is 5.91 Å². The van der Waals surface area contributed by atoms with Crippen molar-refractivity contribution in [3.05, 3.63) is 67.3 Å². The highest BCUT2D eigenvalue weighted by atomic mass is 32.2. The largest absolute Gasteiger partial charge is 0.484 e. The molecule has 1 aromatic heterocycles. The molecule has 26 heavy (non-hydrogen) atoms. The molecule has 0 saturated carbocycles.